The van der Waals surface area contributed by atoms with Gasteiger partial charge in [0.05, 0.1) is 22.2 Å². The Morgan fingerprint density at radius 3 is 2.55 bits per heavy atom. The van der Waals surface area contributed by atoms with Gasteiger partial charge in [0, 0.05) is 25.4 Å². The van der Waals surface area contributed by atoms with Gasteiger partial charge in [0.15, 0.2) is 5.69 Å². The molecule has 1 heterocycles. The second-order valence-corrected chi connectivity index (χ2v) is 5.93. The van der Waals surface area contributed by atoms with Crippen molar-refractivity contribution < 1.29 is 27.6 Å². The number of amides is 1. The van der Waals surface area contributed by atoms with Crippen LogP contribution < -0.4 is 10.1 Å². The minimum absolute atomic E-state index is 0.0248. The van der Waals surface area contributed by atoms with Gasteiger partial charge in [-0.2, -0.15) is 18.3 Å². The lowest BCUT2D eigenvalue weighted by molar-refractivity contribution is -0.384. The van der Waals surface area contributed by atoms with E-state index in [1.807, 2.05) is 0 Å². The SMILES string of the molecule is Cn1ccc(C(=O)Nc2cc(Oc3cccc(C(F)(F)F)c3)cc([N+](=O)[O-])c2)n1. The van der Waals surface area contributed by atoms with Crippen LogP contribution in [0.3, 0.4) is 0 Å². The zero-order valence-corrected chi connectivity index (χ0v) is 14.8. The predicted molar refractivity (Wildman–Crippen MR) is 95.8 cm³/mol. The maximum atomic E-state index is 12.8. The Hall–Kier alpha value is -3.89. The van der Waals surface area contributed by atoms with E-state index in [1.54, 1.807) is 13.2 Å². The molecular formula is C18H13F3N4O4. The van der Waals surface area contributed by atoms with Gasteiger partial charge in [-0.25, -0.2) is 0 Å². The van der Waals surface area contributed by atoms with E-state index in [1.165, 1.54) is 22.9 Å². The molecule has 0 atom stereocenters. The zero-order chi connectivity index (χ0) is 21.2. The lowest BCUT2D eigenvalue weighted by Gasteiger charge is -2.11. The first-order chi connectivity index (χ1) is 13.6. The lowest BCUT2D eigenvalue weighted by atomic mass is 10.2. The van der Waals surface area contributed by atoms with Crippen LogP contribution in [-0.4, -0.2) is 20.6 Å². The van der Waals surface area contributed by atoms with E-state index in [0.29, 0.717) is 0 Å². The van der Waals surface area contributed by atoms with E-state index in [2.05, 4.69) is 10.4 Å². The van der Waals surface area contributed by atoms with Crippen molar-refractivity contribution in [1.82, 2.24) is 9.78 Å². The Bertz CT molecular complexity index is 1080. The highest BCUT2D eigenvalue weighted by Crippen LogP contribution is 2.34. The first kappa shape index (κ1) is 19.9. The quantitative estimate of drug-likeness (QED) is 0.500. The molecule has 0 radical (unpaired) electrons. The number of alkyl halides is 3. The largest absolute Gasteiger partial charge is 0.457 e. The Labute approximate surface area is 161 Å². The number of rotatable bonds is 5. The molecule has 0 saturated carbocycles. The summed E-state index contributed by atoms with van der Waals surface area (Å²) in [6.45, 7) is 0. The molecule has 1 N–H and O–H groups in total. The van der Waals surface area contributed by atoms with Crippen LogP contribution in [0, 0.1) is 10.1 Å². The van der Waals surface area contributed by atoms with Crippen molar-refractivity contribution in [2.75, 3.05) is 5.32 Å². The van der Waals surface area contributed by atoms with Crippen LogP contribution in [-0.2, 0) is 13.2 Å². The number of nitrogens with one attached hydrogen (secondary N) is 1. The van der Waals surface area contributed by atoms with Crippen molar-refractivity contribution in [2.45, 2.75) is 6.18 Å². The average Bonchev–Trinajstić information content (AvgIpc) is 3.07. The van der Waals surface area contributed by atoms with Crippen LogP contribution in [0.4, 0.5) is 24.5 Å². The van der Waals surface area contributed by atoms with Crippen LogP contribution >= 0.6 is 0 Å². The van der Waals surface area contributed by atoms with Gasteiger partial charge >= 0.3 is 6.18 Å². The summed E-state index contributed by atoms with van der Waals surface area (Å²) in [5, 5.41) is 17.5. The molecule has 2 aromatic carbocycles. The van der Waals surface area contributed by atoms with Crippen molar-refractivity contribution in [2.24, 2.45) is 7.05 Å². The van der Waals surface area contributed by atoms with Gasteiger partial charge < -0.3 is 10.1 Å². The fourth-order valence-electron chi connectivity index (χ4n) is 2.42. The number of carbonyl (C=O) groups excluding carboxylic acids is 1. The van der Waals surface area contributed by atoms with Crippen molar-refractivity contribution in [3.63, 3.8) is 0 Å². The fraction of sp³-hybridized carbons (Fsp3) is 0.111. The maximum Gasteiger partial charge on any atom is 0.416 e. The van der Waals surface area contributed by atoms with Gasteiger partial charge in [0.1, 0.15) is 11.5 Å². The van der Waals surface area contributed by atoms with E-state index < -0.39 is 28.3 Å². The molecule has 0 bridgehead atoms. The number of non-ortho nitro benzene ring substituents is 1. The van der Waals surface area contributed by atoms with Crippen molar-refractivity contribution in [3.8, 4) is 11.5 Å². The number of hydrogen-bond acceptors (Lipinski definition) is 5. The number of benzene rings is 2. The molecule has 150 valence electrons. The summed E-state index contributed by atoms with van der Waals surface area (Å²) >= 11 is 0. The minimum Gasteiger partial charge on any atom is -0.457 e. The van der Waals surface area contributed by atoms with E-state index in [9.17, 15) is 28.1 Å². The number of halogens is 3. The Balaban J connectivity index is 1.89. The molecule has 8 nitrogen and oxygen atoms in total. The molecule has 0 aliphatic heterocycles. The van der Waals surface area contributed by atoms with E-state index in [4.69, 9.17) is 4.74 Å². The summed E-state index contributed by atoms with van der Waals surface area (Å²) in [5.74, 6) is -0.895. The highest BCUT2D eigenvalue weighted by Gasteiger charge is 2.30. The Morgan fingerprint density at radius 1 is 1.17 bits per heavy atom. The molecule has 11 heteroatoms. The number of hydrogen-bond donors (Lipinski definition) is 1. The summed E-state index contributed by atoms with van der Waals surface area (Å²) in [7, 11) is 1.62. The van der Waals surface area contributed by atoms with Crippen molar-refractivity contribution >= 4 is 17.3 Å². The third-order valence-electron chi connectivity index (χ3n) is 3.70. The van der Waals surface area contributed by atoms with Crippen molar-refractivity contribution in [1.29, 1.82) is 0 Å². The molecule has 0 aliphatic rings. The third-order valence-corrected chi connectivity index (χ3v) is 3.70. The number of nitro groups is 1. The molecule has 1 amide bonds. The Morgan fingerprint density at radius 2 is 1.93 bits per heavy atom. The molecule has 0 saturated heterocycles. The number of aromatic nitrogens is 2. The molecule has 0 spiro atoms. The highest BCUT2D eigenvalue weighted by molar-refractivity contribution is 6.03. The van der Waals surface area contributed by atoms with E-state index in [0.717, 1.165) is 30.3 Å². The molecule has 0 aliphatic carbocycles. The summed E-state index contributed by atoms with van der Waals surface area (Å²) in [5.41, 5.74) is -1.23. The summed E-state index contributed by atoms with van der Waals surface area (Å²) in [6, 6.07) is 8.92. The first-order valence-corrected chi connectivity index (χ1v) is 8.07. The van der Waals surface area contributed by atoms with E-state index in [-0.39, 0.29) is 22.9 Å². The second-order valence-electron chi connectivity index (χ2n) is 5.93. The monoisotopic (exact) mass is 406 g/mol. The highest BCUT2D eigenvalue weighted by atomic mass is 19.4. The van der Waals surface area contributed by atoms with E-state index >= 15 is 0 Å². The summed E-state index contributed by atoms with van der Waals surface area (Å²) < 4.78 is 45.3. The van der Waals surface area contributed by atoms with Gasteiger partial charge in [0.25, 0.3) is 11.6 Å². The van der Waals surface area contributed by atoms with Gasteiger partial charge in [-0.1, -0.05) is 6.07 Å². The third kappa shape index (κ3) is 4.89. The van der Waals surface area contributed by atoms with Crippen LogP contribution in [0.1, 0.15) is 16.1 Å². The normalized spacial score (nSPS) is 11.2. The zero-order valence-electron chi connectivity index (χ0n) is 14.8. The number of nitrogens with zero attached hydrogens (tertiary/aromatic N) is 3. The van der Waals surface area contributed by atoms with Gasteiger partial charge in [0.2, 0.25) is 0 Å². The van der Waals surface area contributed by atoms with Crippen LogP contribution in [0.25, 0.3) is 0 Å². The molecule has 3 rings (SSSR count). The van der Waals surface area contributed by atoms with Crippen molar-refractivity contribution in [3.05, 3.63) is 76.1 Å². The second kappa shape index (κ2) is 7.62. The van der Waals surface area contributed by atoms with Crippen LogP contribution in [0.15, 0.2) is 54.7 Å². The molecule has 0 unspecified atom stereocenters. The maximum absolute atomic E-state index is 12.8. The molecule has 3 aromatic rings. The predicted octanol–water partition coefficient (Wildman–Crippen LogP) is 4.39. The molecule has 1 aromatic heterocycles. The molecule has 29 heavy (non-hydrogen) atoms. The molecular weight excluding hydrogens is 393 g/mol. The Kier molecular flexibility index (Phi) is 5.22. The summed E-state index contributed by atoms with van der Waals surface area (Å²) in [4.78, 5) is 22.7. The average molecular weight is 406 g/mol. The lowest BCUT2D eigenvalue weighted by Crippen LogP contribution is -2.13. The van der Waals surface area contributed by atoms with Gasteiger partial charge in [-0.3, -0.25) is 19.6 Å². The smallest absolute Gasteiger partial charge is 0.416 e. The van der Waals surface area contributed by atoms with Gasteiger partial charge in [-0.05, 0) is 24.3 Å². The first-order valence-electron chi connectivity index (χ1n) is 8.07. The number of anilines is 1. The minimum atomic E-state index is -4.57. The number of carbonyl (C=O) groups is 1. The fourth-order valence-corrected chi connectivity index (χ4v) is 2.42. The van der Waals surface area contributed by atoms with Gasteiger partial charge in [-0.15, -0.1) is 0 Å². The topological polar surface area (TPSA) is 99.3 Å². The van der Waals surface area contributed by atoms with Crippen LogP contribution in [0.5, 0.6) is 11.5 Å². The number of ether oxygens (including phenoxy) is 1. The van der Waals surface area contributed by atoms with Crippen LogP contribution in [0.2, 0.25) is 0 Å². The molecule has 0 fully saturated rings. The standard InChI is InChI=1S/C18H13F3N4O4/c1-24-6-5-16(23-24)17(26)22-12-8-13(25(27)28)10-15(9-12)29-14-4-2-3-11(7-14)18(19,20)21/h2-10H,1H3,(H,22,26). The number of aryl methyl sites for hydroxylation is 1. The number of nitro benzene ring substituents is 1. The summed E-state index contributed by atoms with van der Waals surface area (Å²) in [6.07, 6.45) is -3.02.